The molecule has 3 aromatic carbocycles. The number of hydrogen-bond donors (Lipinski definition) is 2. The largest absolute Gasteiger partial charge is 0.481 e. The zero-order valence-corrected chi connectivity index (χ0v) is 17.9. The molecule has 0 radical (unpaired) electrons. The molecule has 0 spiro atoms. The van der Waals surface area contributed by atoms with Crippen molar-refractivity contribution < 1.29 is 19.0 Å². The van der Waals surface area contributed by atoms with Crippen LogP contribution in [0, 0.1) is 5.82 Å². The normalized spacial score (nSPS) is 10.9. The highest BCUT2D eigenvalue weighted by atomic mass is 32.2. The van der Waals surface area contributed by atoms with Crippen molar-refractivity contribution in [3.05, 3.63) is 78.1 Å². The summed E-state index contributed by atoms with van der Waals surface area (Å²) >= 11 is 2.66. The molecule has 156 valence electrons. The molecule has 0 saturated heterocycles. The Hall–Kier alpha value is -2.52. The van der Waals surface area contributed by atoms with Crippen molar-refractivity contribution in [3.8, 4) is 16.9 Å². The predicted molar refractivity (Wildman–Crippen MR) is 119 cm³/mol. The van der Waals surface area contributed by atoms with Gasteiger partial charge in [0.05, 0.1) is 0 Å². The van der Waals surface area contributed by atoms with Crippen LogP contribution in [0.1, 0.15) is 5.56 Å². The third-order valence-electron chi connectivity index (χ3n) is 4.16. The van der Waals surface area contributed by atoms with Gasteiger partial charge in [0.1, 0.15) is 11.6 Å². The second kappa shape index (κ2) is 10.5. The van der Waals surface area contributed by atoms with Crippen molar-refractivity contribution in [1.82, 2.24) is 4.31 Å². The Labute approximate surface area is 183 Å². The van der Waals surface area contributed by atoms with Gasteiger partial charge in [-0.05, 0) is 90.6 Å². The van der Waals surface area contributed by atoms with Crippen molar-refractivity contribution in [2.24, 2.45) is 5.14 Å². The van der Waals surface area contributed by atoms with Gasteiger partial charge in [0.25, 0.3) is 0 Å². The molecule has 0 aliphatic carbocycles. The molecule has 5 nitrogen and oxygen atoms in total. The molecule has 0 aliphatic rings. The maximum atomic E-state index is 13.1. The van der Waals surface area contributed by atoms with Crippen LogP contribution in [-0.2, 0) is 11.3 Å². The monoisotopic (exact) mass is 444 g/mol. The molecular formula is C22H21FN2O3S2. The van der Waals surface area contributed by atoms with Crippen molar-refractivity contribution in [2.45, 2.75) is 16.3 Å². The number of carboxylic acids is 1. The summed E-state index contributed by atoms with van der Waals surface area (Å²) in [6.45, 7) is 0.206. The van der Waals surface area contributed by atoms with Crippen LogP contribution in [0.25, 0.3) is 11.1 Å². The van der Waals surface area contributed by atoms with E-state index in [4.69, 9.17) is 15.0 Å². The summed E-state index contributed by atoms with van der Waals surface area (Å²) in [5.74, 6) is -0.803. The lowest BCUT2D eigenvalue weighted by atomic mass is 10.0. The standard InChI is InChI=1S/C22H21FN2O3S2/c1-25(30-18-8-6-17(23)7-9-18)13-15-5-10-21(28-14-22(26)27)20(11-15)16-3-2-4-19(12-16)29-24/h2-12H,13-14,24H2,1H3,(H,26,27). The first kappa shape index (κ1) is 22.2. The van der Waals surface area contributed by atoms with Gasteiger partial charge in [-0.3, -0.25) is 5.14 Å². The number of benzene rings is 3. The highest BCUT2D eigenvalue weighted by Crippen LogP contribution is 2.34. The molecule has 3 rings (SSSR count). The Balaban J connectivity index is 1.84. The van der Waals surface area contributed by atoms with E-state index in [1.54, 1.807) is 18.2 Å². The number of hydrogen-bond acceptors (Lipinski definition) is 6. The maximum Gasteiger partial charge on any atom is 0.341 e. The molecule has 0 aromatic heterocycles. The number of halogens is 1. The van der Waals surface area contributed by atoms with Crippen LogP contribution in [0.3, 0.4) is 0 Å². The molecule has 0 bridgehead atoms. The van der Waals surface area contributed by atoms with E-state index in [0.717, 1.165) is 38.4 Å². The lowest BCUT2D eigenvalue weighted by Crippen LogP contribution is -2.11. The molecular weight excluding hydrogens is 423 g/mol. The molecule has 30 heavy (non-hydrogen) atoms. The summed E-state index contributed by atoms with van der Waals surface area (Å²) in [7, 11) is 1.95. The summed E-state index contributed by atoms with van der Waals surface area (Å²) in [4.78, 5) is 12.8. The molecule has 0 atom stereocenters. The first-order valence-corrected chi connectivity index (χ1v) is 10.7. The summed E-state index contributed by atoms with van der Waals surface area (Å²) in [6.07, 6.45) is 0. The lowest BCUT2D eigenvalue weighted by molar-refractivity contribution is -0.139. The molecule has 3 aromatic rings. The summed E-state index contributed by atoms with van der Waals surface area (Å²) in [5.41, 5.74) is 2.71. The molecule has 0 amide bonds. The molecule has 0 unspecified atom stereocenters. The average molecular weight is 445 g/mol. The van der Waals surface area contributed by atoms with Gasteiger partial charge in [-0.25, -0.2) is 13.5 Å². The first-order valence-electron chi connectivity index (χ1n) is 9.04. The van der Waals surface area contributed by atoms with Gasteiger partial charge >= 0.3 is 5.97 Å². The molecule has 0 heterocycles. The minimum atomic E-state index is -1.04. The predicted octanol–water partition coefficient (Wildman–Crippen LogP) is 5.06. The SMILES string of the molecule is CN(Cc1ccc(OCC(=O)O)c(-c2cccc(SN)c2)c1)Sc1ccc(F)cc1. The van der Waals surface area contributed by atoms with Gasteiger partial charge < -0.3 is 9.84 Å². The number of ether oxygens (including phenoxy) is 1. The van der Waals surface area contributed by atoms with Crippen molar-refractivity contribution in [2.75, 3.05) is 13.7 Å². The van der Waals surface area contributed by atoms with Crippen LogP contribution in [0.4, 0.5) is 4.39 Å². The molecule has 0 fully saturated rings. The van der Waals surface area contributed by atoms with Crippen molar-refractivity contribution in [3.63, 3.8) is 0 Å². The third kappa shape index (κ3) is 6.24. The number of nitrogens with zero attached hydrogens (tertiary/aromatic N) is 1. The van der Waals surface area contributed by atoms with Crippen LogP contribution in [-0.4, -0.2) is 29.0 Å². The van der Waals surface area contributed by atoms with Crippen LogP contribution in [0.15, 0.2) is 76.5 Å². The Morgan fingerprint density at radius 2 is 1.87 bits per heavy atom. The third-order valence-corrected chi connectivity index (χ3v) is 5.61. The van der Waals surface area contributed by atoms with Crippen LogP contribution >= 0.6 is 23.9 Å². The van der Waals surface area contributed by atoms with Gasteiger partial charge in [-0.15, -0.1) is 0 Å². The number of nitrogens with two attached hydrogens (primary N) is 1. The molecule has 8 heteroatoms. The fourth-order valence-electron chi connectivity index (χ4n) is 2.87. The maximum absolute atomic E-state index is 13.1. The van der Waals surface area contributed by atoms with Crippen molar-refractivity contribution >= 4 is 29.9 Å². The molecule has 3 N–H and O–H groups in total. The van der Waals surface area contributed by atoms with E-state index in [-0.39, 0.29) is 5.82 Å². The molecule has 0 aliphatic heterocycles. The summed E-state index contributed by atoms with van der Waals surface area (Å²) in [6, 6.07) is 19.7. The summed E-state index contributed by atoms with van der Waals surface area (Å²) in [5, 5.41) is 14.7. The number of carboxylic acid groups (broad SMARTS) is 1. The fourth-order valence-corrected chi connectivity index (χ4v) is 4.05. The zero-order valence-electron chi connectivity index (χ0n) is 16.2. The molecule has 0 saturated carbocycles. The second-order valence-corrected chi connectivity index (χ2v) is 8.47. The Kier molecular flexibility index (Phi) is 7.75. The van der Waals surface area contributed by atoms with E-state index in [0.29, 0.717) is 12.3 Å². The van der Waals surface area contributed by atoms with Crippen LogP contribution in [0.5, 0.6) is 5.75 Å². The Morgan fingerprint density at radius 1 is 1.10 bits per heavy atom. The van der Waals surface area contributed by atoms with E-state index in [1.807, 2.05) is 47.8 Å². The first-order chi connectivity index (χ1) is 14.4. The Morgan fingerprint density at radius 3 is 2.57 bits per heavy atom. The van der Waals surface area contributed by atoms with Gasteiger partial charge in [0, 0.05) is 21.9 Å². The minimum Gasteiger partial charge on any atom is -0.481 e. The number of rotatable bonds is 9. The van der Waals surface area contributed by atoms with E-state index in [2.05, 4.69) is 0 Å². The van der Waals surface area contributed by atoms with E-state index < -0.39 is 12.6 Å². The highest BCUT2D eigenvalue weighted by Gasteiger charge is 2.12. The highest BCUT2D eigenvalue weighted by molar-refractivity contribution is 7.97. The quantitative estimate of drug-likeness (QED) is 0.447. The van der Waals surface area contributed by atoms with Gasteiger partial charge in [0.2, 0.25) is 0 Å². The van der Waals surface area contributed by atoms with Gasteiger partial charge in [-0.1, -0.05) is 18.2 Å². The topological polar surface area (TPSA) is 75.8 Å². The van der Waals surface area contributed by atoms with E-state index >= 15 is 0 Å². The Bertz CT molecular complexity index is 1020. The number of carbonyl (C=O) groups is 1. The number of aliphatic carboxylic acids is 1. The van der Waals surface area contributed by atoms with Crippen molar-refractivity contribution in [1.29, 1.82) is 0 Å². The lowest BCUT2D eigenvalue weighted by Gasteiger charge is -2.18. The minimum absolute atomic E-state index is 0.263. The van der Waals surface area contributed by atoms with E-state index in [9.17, 15) is 9.18 Å². The second-order valence-electron chi connectivity index (χ2n) is 6.49. The van der Waals surface area contributed by atoms with Gasteiger partial charge in [-0.2, -0.15) is 0 Å². The zero-order chi connectivity index (χ0) is 21.5. The smallest absolute Gasteiger partial charge is 0.341 e. The van der Waals surface area contributed by atoms with Crippen LogP contribution < -0.4 is 9.88 Å². The van der Waals surface area contributed by atoms with Crippen LogP contribution in [0.2, 0.25) is 0 Å². The van der Waals surface area contributed by atoms with E-state index in [1.165, 1.54) is 24.1 Å². The fraction of sp³-hybridized carbons (Fsp3) is 0.136. The summed E-state index contributed by atoms with van der Waals surface area (Å²) < 4.78 is 20.6. The van der Waals surface area contributed by atoms with Gasteiger partial charge in [0.15, 0.2) is 6.61 Å². The average Bonchev–Trinajstić information content (AvgIpc) is 2.74.